The van der Waals surface area contributed by atoms with Crippen LogP contribution in [0, 0.1) is 0 Å². The maximum atomic E-state index is 11.9. The highest BCUT2D eigenvalue weighted by atomic mass is 32.2. The number of fused-ring (bicyclic) bond motifs is 1. The van der Waals surface area contributed by atoms with Crippen molar-refractivity contribution in [1.82, 2.24) is 14.5 Å². The van der Waals surface area contributed by atoms with Crippen molar-refractivity contribution in [3.05, 3.63) is 76.2 Å². The Kier molecular flexibility index (Phi) is 7.67. The van der Waals surface area contributed by atoms with Crippen molar-refractivity contribution in [1.29, 1.82) is 0 Å². The molecule has 0 bridgehead atoms. The summed E-state index contributed by atoms with van der Waals surface area (Å²) in [5, 5.41) is 7.45. The minimum Gasteiger partial charge on any atom is -0.496 e. The minimum atomic E-state index is -3.79. The van der Waals surface area contributed by atoms with E-state index in [0.717, 1.165) is 48.6 Å². The summed E-state index contributed by atoms with van der Waals surface area (Å²) in [7, 11) is -2.10. The van der Waals surface area contributed by atoms with Gasteiger partial charge in [-0.25, -0.2) is 18.5 Å². The van der Waals surface area contributed by atoms with Crippen molar-refractivity contribution in [2.45, 2.75) is 50.8 Å². The zero-order valence-electron chi connectivity index (χ0n) is 19.5. The third kappa shape index (κ3) is 5.67. The Morgan fingerprint density at radius 1 is 1.09 bits per heavy atom. The predicted octanol–water partition coefficient (Wildman–Crippen LogP) is 4.76. The molecule has 0 fully saturated rings. The Labute approximate surface area is 204 Å². The number of unbranched alkanes of at least 4 members (excludes halogenated alkanes) is 1. The molecule has 0 atom stereocenters. The lowest BCUT2D eigenvalue weighted by Crippen LogP contribution is -2.24. The van der Waals surface area contributed by atoms with Crippen LogP contribution in [-0.4, -0.2) is 30.0 Å². The topological polar surface area (TPSA) is 90.4 Å². The summed E-state index contributed by atoms with van der Waals surface area (Å²) in [6.45, 7) is 5.05. The van der Waals surface area contributed by atoms with Crippen LogP contribution in [0.1, 0.15) is 36.0 Å². The Balaban J connectivity index is 1.72. The lowest BCUT2D eigenvalue weighted by molar-refractivity contribution is 0.236. The number of nitrogens with two attached hydrogens (primary N) is 1. The van der Waals surface area contributed by atoms with Crippen LogP contribution in [-0.2, 0) is 36.2 Å². The molecule has 0 aliphatic heterocycles. The fraction of sp³-hybridized carbons (Fsp3) is 0.320. The van der Waals surface area contributed by atoms with E-state index >= 15 is 0 Å². The Hall–Kier alpha value is -2.72. The molecular weight excluding hydrogens is 468 g/mol. The number of thiophene rings is 1. The van der Waals surface area contributed by atoms with Crippen molar-refractivity contribution in [2.24, 2.45) is 5.14 Å². The van der Waals surface area contributed by atoms with E-state index in [-0.39, 0.29) is 4.90 Å². The Morgan fingerprint density at radius 2 is 1.91 bits per heavy atom. The summed E-state index contributed by atoms with van der Waals surface area (Å²) in [5.41, 5.74) is 2.67. The van der Waals surface area contributed by atoms with Crippen LogP contribution >= 0.6 is 11.3 Å². The molecule has 0 unspecified atom stereocenters. The maximum Gasteiger partial charge on any atom is 0.238 e. The molecule has 0 saturated heterocycles. The molecular formula is C25H30N4O3S2. The van der Waals surface area contributed by atoms with Crippen LogP contribution in [0.2, 0.25) is 0 Å². The van der Waals surface area contributed by atoms with Gasteiger partial charge in [-0.15, -0.1) is 11.3 Å². The second-order valence-corrected chi connectivity index (χ2v) is 10.9. The number of benzene rings is 2. The van der Waals surface area contributed by atoms with E-state index in [1.165, 1.54) is 4.88 Å². The second-order valence-electron chi connectivity index (χ2n) is 8.27. The summed E-state index contributed by atoms with van der Waals surface area (Å²) >= 11 is 1.73. The van der Waals surface area contributed by atoms with Gasteiger partial charge in [0.25, 0.3) is 0 Å². The highest BCUT2D eigenvalue weighted by Crippen LogP contribution is 2.25. The standard InChI is InChI=1S/C25H30N4O3S2/c1-3-4-13-29-23-12-11-21(34(26,30)31)15-22(23)27-25(29)18-28(17-20-9-7-14-33-20)16-19-8-5-6-10-24(19)32-2/h5-12,14-15H,3-4,13,16-18H2,1-2H3,(H2,26,30,31). The lowest BCUT2D eigenvalue weighted by atomic mass is 10.2. The van der Waals surface area contributed by atoms with E-state index in [2.05, 4.69) is 40.0 Å². The molecule has 4 aromatic rings. The van der Waals surface area contributed by atoms with E-state index in [4.69, 9.17) is 14.9 Å². The largest absolute Gasteiger partial charge is 0.496 e. The van der Waals surface area contributed by atoms with Crippen molar-refractivity contribution in [3.8, 4) is 5.75 Å². The number of primary sulfonamides is 1. The van der Waals surface area contributed by atoms with E-state index < -0.39 is 10.0 Å². The smallest absolute Gasteiger partial charge is 0.238 e. The molecule has 7 nitrogen and oxygen atoms in total. The summed E-state index contributed by atoms with van der Waals surface area (Å²) in [4.78, 5) is 8.55. The van der Waals surface area contributed by atoms with Crippen LogP contribution in [0.4, 0.5) is 0 Å². The number of ether oxygens (including phenoxy) is 1. The average Bonchev–Trinajstić information content (AvgIpc) is 3.44. The first-order chi connectivity index (χ1) is 16.4. The van der Waals surface area contributed by atoms with Gasteiger partial charge >= 0.3 is 0 Å². The number of imidazole rings is 1. The van der Waals surface area contributed by atoms with Crippen molar-refractivity contribution in [3.63, 3.8) is 0 Å². The molecule has 0 radical (unpaired) electrons. The quantitative estimate of drug-likeness (QED) is 0.322. The Bertz CT molecular complexity index is 1350. The zero-order valence-corrected chi connectivity index (χ0v) is 21.1. The van der Waals surface area contributed by atoms with Gasteiger partial charge in [0, 0.05) is 30.1 Å². The lowest BCUT2D eigenvalue weighted by Gasteiger charge is -2.23. The SMILES string of the molecule is CCCCn1c(CN(Cc2cccs2)Cc2ccccc2OC)nc2cc(S(N)(=O)=O)ccc21. The fourth-order valence-electron chi connectivity index (χ4n) is 4.09. The van der Waals surface area contributed by atoms with Crippen LogP contribution in [0.25, 0.3) is 11.0 Å². The first-order valence-corrected chi connectivity index (χ1v) is 13.7. The zero-order chi connectivity index (χ0) is 24.1. The number of hydrogen-bond donors (Lipinski definition) is 1. The summed E-state index contributed by atoms with van der Waals surface area (Å²) < 4.78 is 31.6. The van der Waals surface area contributed by atoms with Crippen LogP contribution < -0.4 is 9.88 Å². The number of nitrogens with zero attached hydrogens (tertiary/aromatic N) is 3. The van der Waals surface area contributed by atoms with E-state index in [1.54, 1.807) is 30.6 Å². The van der Waals surface area contributed by atoms with Gasteiger partial charge in [0.1, 0.15) is 11.6 Å². The molecule has 9 heteroatoms. The highest BCUT2D eigenvalue weighted by molar-refractivity contribution is 7.89. The number of hydrogen-bond acceptors (Lipinski definition) is 6. The number of rotatable bonds is 11. The van der Waals surface area contributed by atoms with Crippen LogP contribution in [0.15, 0.2) is 64.9 Å². The molecule has 0 saturated carbocycles. The molecule has 2 N–H and O–H groups in total. The first kappa shape index (κ1) is 24.4. The molecule has 4 rings (SSSR count). The molecule has 2 aromatic carbocycles. The second kappa shape index (κ2) is 10.7. The van der Waals surface area contributed by atoms with Gasteiger partial charge in [0.2, 0.25) is 10.0 Å². The van der Waals surface area contributed by atoms with Gasteiger partial charge in [0.15, 0.2) is 0 Å². The summed E-state index contributed by atoms with van der Waals surface area (Å²) in [6.07, 6.45) is 2.06. The highest BCUT2D eigenvalue weighted by Gasteiger charge is 2.19. The number of para-hydroxylation sites is 1. The van der Waals surface area contributed by atoms with Gasteiger partial charge in [-0.05, 0) is 42.1 Å². The first-order valence-electron chi connectivity index (χ1n) is 11.3. The number of aryl methyl sites for hydroxylation is 1. The molecule has 2 aromatic heterocycles. The van der Waals surface area contributed by atoms with E-state index in [1.807, 2.05) is 24.3 Å². The van der Waals surface area contributed by atoms with Gasteiger partial charge in [-0.1, -0.05) is 37.6 Å². The summed E-state index contributed by atoms with van der Waals surface area (Å²) in [5.74, 6) is 1.76. The van der Waals surface area contributed by atoms with Gasteiger partial charge < -0.3 is 9.30 Å². The number of methoxy groups -OCH3 is 1. The maximum absolute atomic E-state index is 11.9. The van der Waals surface area contributed by atoms with Crippen LogP contribution in [0.3, 0.4) is 0 Å². The van der Waals surface area contributed by atoms with E-state index in [0.29, 0.717) is 18.6 Å². The molecule has 2 heterocycles. The van der Waals surface area contributed by atoms with Crippen LogP contribution in [0.5, 0.6) is 5.75 Å². The normalized spacial score (nSPS) is 12.0. The van der Waals surface area contributed by atoms with Crippen molar-refractivity contribution < 1.29 is 13.2 Å². The molecule has 34 heavy (non-hydrogen) atoms. The molecule has 0 spiro atoms. The molecule has 180 valence electrons. The third-order valence-electron chi connectivity index (χ3n) is 5.77. The third-order valence-corrected chi connectivity index (χ3v) is 7.55. The van der Waals surface area contributed by atoms with Crippen molar-refractivity contribution >= 4 is 32.4 Å². The van der Waals surface area contributed by atoms with Crippen molar-refractivity contribution in [2.75, 3.05) is 7.11 Å². The predicted molar refractivity (Wildman–Crippen MR) is 136 cm³/mol. The molecule has 0 aliphatic rings. The molecule has 0 amide bonds. The minimum absolute atomic E-state index is 0.0798. The van der Waals surface area contributed by atoms with Gasteiger partial charge in [0.05, 0.1) is 29.6 Å². The Morgan fingerprint density at radius 3 is 2.62 bits per heavy atom. The molecule has 0 aliphatic carbocycles. The average molecular weight is 499 g/mol. The number of sulfonamides is 1. The number of aromatic nitrogens is 2. The monoisotopic (exact) mass is 498 g/mol. The summed E-state index contributed by atoms with van der Waals surface area (Å²) in [6, 6.07) is 17.2. The van der Waals surface area contributed by atoms with Gasteiger partial charge in [-0.3, -0.25) is 4.90 Å². The van der Waals surface area contributed by atoms with E-state index in [9.17, 15) is 8.42 Å². The van der Waals surface area contributed by atoms with Gasteiger partial charge in [-0.2, -0.15) is 0 Å². The fourth-order valence-corrected chi connectivity index (χ4v) is 5.37.